The Morgan fingerprint density at radius 2 is 2.08 bits per heavy atom. The Kier molecular flexibility index (Phi) is 5.57. The Morgan fingerprint density at radius 1 is 1.28 bits per heavy atom. The van der Waals surface area contributed by atoms with Crippen molar-refractivity contribution in [1.29, 1.82) is 0 Å². The number of benzene rings is 1. The van der Waals surface area contributed by atoms with E-state index in [4.69, 9.17) is 0 Å². The fraction of sp³-hybridized carbons (Fsp3) is 0.333. The zero-order chi connectivity index (χ0) is 17.6. The highest BCUT2D eigenvalue weighted by Crippen LogP contribution is 2.20. The third-order valence-electron chi connectivity index (χ3n) is 4.24. The third kappa shape index (κ3) is 4.74. The highest BCUT2D eigenvalue weighted by Gasteiger charge is 2.15. The van der Waals surface area contributed by atoms with Gasteiger partial charge in [0.25, 0.3) is 0 Å². The van der Waals surface area contributed by atoms with Crippen molar-refractivity contribution in [3.8, 4) is 0 Å². The van der Waals surface area contributed by atoms with Crippen molar-refractivity contribution < 1.29 is 9.18 Å². The molecular weight excluding hydrogens is 321 g/mol. The van der Waals surface area contributed by atoms with Crippen LogP contribution in [0.25, 0.3) is 0 Å². The highest BCUT2D eigenvalue weighted by molar-refractivity contribution is 5.78. The number of pyridine rings is 1. The van der Waals surface area contributed by atoms with Gasteiger partial charge in [0.2, 0.25) is 6.41 Å². The third-order valence-corrected chi connectivity index (χ3v) is 4.24. The monoisotopic (exact) mass is 343 g/mol. The molecule has 0 radical (unpaired) electrons. The van der Waals surface area contributed by atoms with Gasteiger partial charge in [0.15, 0.2) is 0 Å². The fourth-order valence-corrected chi connectivity index (χ4v) is 2.85. The molecule has 6 nitrogen and oxygen atoms in total. The molecule has 2 aromatic rings. The molecule has 3 rings (SSSR count). The minimum Gasteiger partial charge on any atom is -0.304 e. The minimum atomic E-state index is -0.360. The zero-order valence-electron chi connectivity index (χ0n) is 14.2. The topological polar surface area (TPSA) is 51.7 Å². The van der Waals surface area contributed by atoms with Crippen LogP contribution in [0, 0.1) is 5.82 Å². The molecule has 0 saturated carbocycles. The molecule has 1 amide bonds. The first-order valence-electron chi connectivity index (χ1n) is 8.25. The first kappa shape index (κ1) is 17.3. The molecule has 0 atom stereocenters. The highest BCUT2D eigenvalue weighted by atomic mass is 19.1. The van der Waals surface area contributed by atoms with Gasteiger partial charge in [-0.1, -0.05) is 0 Å². The van der Waals surface area contributed by atoms with Crippen LogP contribution in [-0.4, -0.2) is 54.4 Å². The van der Waals surface area contributed by atoms with Crippen molar-refractivity contribution in [3.05, 3.63) is 54.1 Å². The normalized spacial score (nSPS) is 15.8. The van der Waals surface area contributed by atoms with E-state index in [-0.39, 0.29) is 5.82 Å². The van der Waals surface area contributed by atoms with Crippen LogP contribution in [0.3, 0.4) is 0 Å². The second-order valence-corrected chi connectivity index (χ2v) is 6.23. The molecule has 0 bridgehead atoms. The summed E-state index contributed by atoms with van der Waals surface area (Å²) in [5, 5.41) is 1.26. The molecule has 1 fully saturated rings. The van der Waals surface area contributed by atoms with Crippen molar-refractivity contribution >= 4 is 17.8 Å². The number of amides is 1. The maximum Gasteiger partial charge on any atom is 0.232 e. The number of hydrazine groups is 1. The van der Waals surface area contributed by atoms with Crippen molar-refractivity contribution in [3.63, 3.8) is 0 Å². The molecule has 0 aliphatic carbocycles. The lowest BCUT2D eigenvalue weighted by Gasteiger charge is -2.32. The summed E-state index contributed by atoms with van der Waals surface area (Å²) in [7, 11) is 2.10. The predicted molar refractivity (Wildman–Crippen MR) is 95.6 cm³/mol. The van der Waals surface area contributed by atoms with E-state index in [0.29, 0.717) is 24.3 Å². The van der Waals surface area contributed by atoms with Crippen molar-refractivity contribution in [2.75, 3.05) is 43.7 Å². The molecule has 1 aliphatic heterocycles. The lowest BCUT2D eigenvalue weighted by atomic mass is 10.1. The van der Waals surface area contributed by atoms with E-state index in [9.17, 15) is 9.18 Å². The number of carbonyl (C=O) groups is 1. The number of nitrogens with one attached hydrogen (secondary N) is 1. The number of halogens is 1. The van der Waals surface area contributed by atoms with Gasteiger partial charge in [-0.25, -0.2) is 9.40 Å². The lowest BCUT2D eigenvalue weighted by Crippen LogP contribution is -2.43. The fourth-order valence-electron chi connectivity index (χ4n) is 2.85. The van der Waals surface area contributed by atoms with E-state index in [2.05, 4.69) is 27.3 Å². The van der Waals surface area contributed by atoms with Gasteiger partial charge < -0.3 is 4.90 Å². The van der Waals surface area contributed by atoms with Crippen LogP contribution in [-0.2, 0) is 11.3 Å². The van der Waals surface area contributed by atoms with Gasteiger partial charge in [0.1, 0.15) is 5.82 Å². The van der Waals surface area contributed by atoms with Crippen LogP contribution in [0.4, 0.5) is 15.8 Å². The van der Waals surface area contributed by atoms with Crippen molar-refractivity contribution in [2.24, 2.45) is 0 Å². The number of likely N-dealkylation sites (N-methyl/N-ethyl adjacent to an activating group) is 1. The summed E-state index contributed by atoms with van der Waals surface area (Å²) in [6.07, 6.45) is 3.87. The van der Waals surface area contributed by atoms with Gasteiger partial charge in [0, 0.05) is 38.9 Å². The molecule has 1 saturated heterocycles. The zero-order valence-corrected chi connectivity index (χ0v) is 14.2. The van der Waals surface area contributed by atoms with Gasteiger partial charge in [-0.15, -0.1) is 0 Å². The van der Waals surface area contributed by atoms with Crippen molar-refractivity contribution in [2.45, 2.75) is 6.54 Å². The summed E-state index contributed by atoms with van der Waals surface area (Å²) >= 11 is 0. The second kappa shape index (κ2) is 8.04. The maximum absolute atomic E-state index is 14.1. The Morgan fingerprint density at radius 3 is 2.76 bits per heavy atom. The SMILES string of the molecule is CN1CCN(Cc2cc(F)cc(N(C=O)Nc3cccnc3)c2)CC1. The van der Waals surface area contributed by atoms with Gasteiger partial charge in [-0.05, 0) is 42.9 Å². The molecule has 7 heteroatoms. The summed E-state index contributed by atoms with van der Waals surface area (Å²) in [5.41, 5.74) is 4.88. The molecular formula is C18H22FN5O. The Labute approximate surface area is 146 Å². The first-order valence-corrected chi connectivity index (χ1v) is 8.25. The first-order chi connectivity index (χ1) is 12.1. The Bertz CT molecular complexity index is 704. The summed E-state index contributed by atoms with van der Waals surface area (Å²) in [6.45, 7) is 4.58. The van der Waals surface area contributed by atoms with Gasteiger partial charge in [-0.2, -0.15) is 0 Å². The summed E-state index contributed by atoms with van der Waals surface area (Å²) in [5.74, 6) is -0.360. The predicted octanol–water partition coefficient (Wildman–Crippen LogP) is 1.96. The number of piperazine rings is 1. The number of hydrogen-bond donors (Lipinski definition) is 1. The molecule has 1 aromatic heterocycles. The smallest absolute Gasteiger partial charge is 0.232 e. The molecule has 1 N–H and O–H groups in total. The van der Waals surface area contributed by atoms with Gasteiger partial charge in [0.05, 0.1) is 17.6 Å². The number of carbonyl (C=O) groups excluding carboxylic acids is 1. The number of rotatable bonds is 6. The van der Waals surface area contributed by atoms with E-state index >= 15 is 0 Å². The van der Waals surface area contributed by atoms with E-state index < -0.39 is 0 Å². The Hall–Kier alpha value is -2.51. The van der Waals surface area contributed by atoms with Gasteiger partial charge in [-0.3, -0.25) is 20.1 Å². The average Bonchev–Trinajstić information content (AvgIpc) is 2.62. The molecule has 1 aliphatic rings. The number of nitrogens with zero attached hydrogens (tertiary/aromatic N) is 4. The van der Waals surface area contributed by atoms with Crippen LogP contribution < -0.4 is 10.4 Å². The maximum atomic E-state index is 14.1. The largest absolute Gasteiger partial charge is 0.304 e. The lowest BCUT2D eigenvalue weighted by molar-refractivity contribution is -0.107. The molecule has 1 aromatic carbocycles. The average molecular weight is 343 g/mol. The minimum absolute atomic E-state index is 0.360. The Balaban J connectivity index is 1.74. The summed E-state index contributed by atoms with van der Waals surface area (Å²) in [6, 6.07) is 8.24. The number of aromatic nitrogens is 1. The summed E-state index contributed by atoms with van der Waals surface area (Å²) < 4.78 is 14.1. The van der Waals surface area contributed by atoms with Crippen LogP contribution in [0.15, 0.2) is 42.7 Å². The van der Waals surface area contributed by atoms with Crippen LogP contribution in [0.5, 0.6) is 0 Å². The standard InChI is InChI=1S/C18H22FN5O/c1-22-5-7-23(8-6-22)13-15-9-16(19)11-18(10-15)24(14-25)21-17-3-2-4-20-12-17/h2-4,9-12,14,21H,5-8,13H2,1H3. The van der Waals surface area contributed by atoms with Crippen molar-refractivity contribution in [1.82, 2.24) is 14.8 Å². The molecule has 0 spiro atoms. The van der Waals surface area contributed by atoms with Crippen LogP contribution >= 0.6 is 0 Å². The number of hydrogen-bond acceptors (Lipinski definition) is 5. The van der Waals surface area contributed by atoms with Crippen LogP contribution in [0.2, 0.25) is 0 Å². The van der Waals surface area contributed by atoms with E-state index in [1.807, 2.05) is 6.07 Å². The summed E-state index contributed by atoms with van der Waals surface area (Å²) in [4.78, 5) is 20.0. The molecule has 2 heterocycles. The van der Waals surface area contributed by atoms with E-state index in [1.54, 1.807) is 24.5 Å². The number of anilines is 2. The molecule has 0 unspecified atom stereocenters. The van der Waals surface area contributed by atoms with Crippen LogP contribution in [0.1, 0.15) is 5.56 Å². The second-order valence-electron chi connectivity index (χ2n) is 6.23. The van der Waals surface area contributed by atoms with E-state index in [0.717, 1.165) is 31.7 Å². The quantitative estimate of drug-likeness (QED) is 0.642. The molecule has 25 heavy (non-hydrogen) atoms. The molecule has 132 valence electrons. The van der Waals surface area contributed by atoms with Gasteiger partial charge >= 0.3 is 0 Å². The van der Waals surface area contributed by atoms with E-state index in [1.165, 1.54) is 17.1 Å².